The van der Waals surface area contributed by atoms with Crippen LogP contribution < -0.4 is 0 Å². The van der Waals surface area contributed by atoms with Gasteiger partial charge in [-0.3, -0.25) is 9.79 Å². The van der Waals surface area contributed by atoms with Crippen LogP contribution in [0, 0.1) is 0 Å². The molecule has 2 heteroatoms. The molecular formula is C28H17NO. The molecule has 1 aliphatic carbocycles. The first kappa shape index (κ1) is 16.9. The molecule has 0 bridgehead atoms. The van der Waals surface area contributed by atoms with E-state index in [9.17, 15) is 4.79 Å². The quantitative estimate of drug-likeness (QED) is 0.235. The molecule has 1 aliphatic rings. The van der Waals surface area contributed by atoms with E-state index in [1.165, 1.54) is 21.5 Å². The molecule has 0 N–H and O–H groups in total. The predicted molar refractivity (Wildman–Crippen MR) is 124 cm³/mol. The summed E-state index contributed by atoms with van der Waals surface area (Å²) >= 11 is 0. The molecule has 5 aromatic rings. The molecule has 0 amide bonds. The Bertz CT molecular complexity index is 1460. The normalized spacial score (nSPS) is 12.6. The number of carbonyl (C=O) groups is 1. The van der Waals surface area contributed by atoms with Gasteiger partial charge in [-0.25, -0.2) is 0 Å². The first-order chi connectivity index (χ1) is 14.8. The van der Waals surface area contributed by atoms with Crippen LogP contribution in [-0.4, -0.2) is 12.0 Å². The maximum Gasteiger partial charge on any atom is 0.194 e. The number of carbonyl (C=O) groups excluding carboxylic acids is 1. The minimum Gasteiger partial charge on any atom is -0.289 e. The lowest BCUT2D eigenvalue weighted by Gasteiger charge is -2.08. The molecule has 0 saturated heterocycles. The van der Waals surface area contributed by atoms with Crippen molar-refractivity contribution in [3.63, 3.8) is 0 Å². The summed E-state index contributed by atoms with van der Waals surface area (Å²) in [7, 11) is 0. The van der Waals surface area contributed by atoms with Crippen LogP contribution in [0.25, 0.3) is 32.7 Å². The molecule has 6 rings (SSSR count). The maximum atomic E-state index is 12.8. The number of benzene rings is 5. The van der Waals surface area contributed by atoms with Crippen LogP contribution in [0.4, 0.5) is 5.69 Å². The van der Waals surface area contributed by atoms with Gasteiger partial charge in [0.1, 0.15) is 0 Å². The fourth-order valence-electron chi connectivity index (χ4n) is 4.42. The Kier molecular flexibility index (Phi) is 3.65. The lowest BCUT2D eigenvalue weighted by Crippen LogP contribution is -1.94. The van der Waals surface area contributed by atoms with Crippen molar-refractivity contribution in [1.82, 2.24) is 0 Å². The highest BCUT2D eigenvalue weighted by Crippen LogP contribution is 2.38. The van der Waals surface area contributed by atoms with Gasteiger partial charge in [0.2, 0.25) is 0 Å². The van der Waals surface area contributed by atoms with E-state index in [0.29, 0.717) is 0 Å². The van der Waals surface area contributed by atoms with Crippen LogP contribution in [0.3, 0.4) is 0 Å². The fraction of sp³-hybridized carbons (Fsp3) is 0. The van der Waals surface area contributed by atoms with Gasteiger partial charge in [-0.2, -0.15) is 0 Å². The van der Waals surface area contributed by atoms with Crippen molar-refractivity contribution >= 4 is 39.2 Å². The molecule has 0 saturated carbocycles. The minimum absolute atomic E-state index is 0.0771. The highest BCUT2D eigenvalue weighted by molar-refractivity contribution is 6.22. The van der Waals surface area contributed by atoms with Crippen LogP contribution in [0.5, 0.6) is 0 Å². The van der Waals surface area contributed by atoms with Gasteiger partial charge >= 0.3 is 0 Å². The monoisotopic (exact) mass is 383 g/mol. The molecule has 30 heavy (non-hydrogen) atoms. The molecule has 5 aromatic carbocycles. The van der Waals surface area contributed by atoms with E-state index >= 15 is 0 Å². The minimum atomic E-state index is 0.0771. The van der Waals surface area contributed by atoms with Crippen molar-refractivity contribution in [3.8, 4) is 11.1 Å². The molecule has 0 heterocycles. The van der Waals surface area contributed by atoms with E-state index < -0.39 is 0 Å². The average Bonchev–Trinajstić information content (AvgIpc) is 3.08. The van der Waals surface area contributed by atoms with Crippen molar-refractivity contribution in [2.45, 2.75) is 0 Å². The van der Waals surface area contributed by atoms with E-state index in [1.54, 1.807) is 0 Å². The van der Waals surface area contributed by atoms with Gasteiger partial charge in [-0.1, -0.05) is 78.9 Å². The van der Waals surface area contributed by atoms with Crippen LogP contribution in [0.2, 0.25) is 0 Å². The Morgan fingerprint density at radius 3 is 1.90 bits per heavy atom. The SMILES string of the molecule is O=C1c2ccccc2-c2ccc(N=Cc3c4ccccc4cc4ccccc34)cc21. The summed E-state index contributed by atoms with van der Waals surface area (Å²) in [6.45, 7) is 0. The Morgan fingerprint density at radius 1 is 0.567 bits per heavy atom. The van der Waals surface area contributed by atoms with Gasteiger partial charge in [0.15, 0.2) is 5.78 Å². The number of aliphatic imine (C=N–C) groups is 1. The number of rotatable bonds is 2. The molecular weight excluding hydrogens is 366 g/mol. The molecule has 140 valence electrons. The second-order valence-electron chi connectivity index (χ2n) is 7.60. The van der Waals surface area contributed by atoms with Crippen LogP contribution in [-0.2, 0) is 0 Å². The summed E-state index contributed by atoms with van der Waals surface area (Å²) in [6, 6.07) is 32.6. The summed E-state index contributed by atoms with van der Waals surface area (Å²) in [5.74, 6) is 0.0771. The Morgan fingerprint density at radius 2 is 1.17 bits per heavy atom. The second kappa shape index (κ2) is 6.50. The Balaban J connectivity index is 1.49. The number of fused-ring (bicyclic) bond motifs is 5. The van der Waals surface area contributed by atoms with E-state index in [1.807, 2.05) is 48.7 Å². The lowest BCUT2D eigenvalue weighted by molar-refractivity contribution is 0.104. The smallest absolute Gasteiger partial charge is 0.194 e. The first-order valence-corrected chi connectivity index (χ1v) is 10.0. The van der Waals surface area contributed by atoms with Gasteiger partial charge < -0.3 is 0 Å². The van der Waals surface area contributed by atoms with Gasteiger partial charge in [0.25, 0.3) is 0 Å². The third kappa shape index (κ3) is 2.51. The van der Waals surface area contributed by atoms with E-state index in [0.717, 1.165) is 33.5 Å². The maximum absolute atomic E-state index is 12.8. The Labute approximate surface area is 174 Å². The molecule has 2 nitrogen and oxygen atoms in total. The highest BCUT2D eigenvalue weighted by atomic mass is 16.1. The van der Waals surface area contributed by atoms with Gasteiger partial charge in [0.05, 0.1) is 5.69 Å². The van der Waals surface area contributed by atoms with E-state index in [-0.39, 0.29) is 5.78 Å². The van der Waals surface area contributed by atoms with Crippen molar-refractivity contribution in [2.24, 2.45) is 4.99 Å². The molecule has 0 unspecified atom stereocenters. The molecule has 0 aliphatic heterocycles. The van der Waals surface area contributed by atoms with E-state index in [4.69, 9.17) is 4.99 Å². The third-order valence-electron chi connectivity index (χ3n) is 5.87. The first-order valence-electron chi connectivity index (χ1n) is 10.0. The van der Waals surface area contributed by atoms with Crippen LogP contribution >= 0.6 is 0 Å². The standard InChI is InChI=1S/C28H17NO/c30-28-25-12-6-5-11-23(25)24-14-13-20(16-26(24)28)29-17-27-21-9-3-1-7-18(21)15-19-8-2-4-10-22(19)27/h1-17H. The molecule has 0 fully saturated rings. The number of hydrogen-bond acceptors (Lipinski definition) is 2. The topological polar surface area (TPSA) is 29.4 Å². The number of nitrogens with zero attached hydrogens (tertiary/aromatic N) is 1. The predicted octanol–water partition coefficient (Wildman–Crippen LogP) is 6.96. The fourth-order valence-corrected chi connectivity index (χ4v) is 4.42. The summed E-state index contributed by atoms with van der Waals surface area (Å²) in [5, 5.41) is 4.73. The molecule has 0 radical (unpaired) electrons. The van der Waals surface area contributed by atoms with Crippen molar-refractivity contribution in [1.29, 1.82) is 0 Å². The highest BCUT2D eigenvalue weighted by Gasteiger charge is 2.26. The van der Waals surface area contributed by atoms with Crippen LogP contribution in [0.1, 0.15) is 21.5 Å². The second-order valence-corrected chi connectivity index (χ2v) is 7.60. The summed E-state index contributed by atoms with van der Waals surface area (Å²) in [4.78, 5) is 17.6. The zero-order valence-corrected chi connectivity index (χ0v) is 16.2. The van der Waals surface area contributed by atoms with Gasteiger partial charge in [-0.05, 0) is 50.9 Å². The summed E-state index contributed by atoms with van der Waals surface area (Å²) in [5.41, 5.74) is 5.38. The van der Waals surface area contributed by atoms with Crippen LogP contribution in [0.15, 0.2) is 102 Å². The largest absolute Gasteiger partial charge is 0.289 e. The third-order valence-corrected chi connectivity index (χ3v) is 5.87. The number of hydrogen-bond donors (Lipinski definition) is 0. The van der Waals surface area contributed by atoms with Gasteiger partial charge in [-0.15, -0.1) is 0 Å². The van der Waals surface area contributed by atoms with Crippen molar-refractivity contribution in [2.75, 3.05) is 0 Å². The van der Waals surface area contributed by atoms with E-state index in [2.05, 4.69) is 54.6 Å². The molecule has 0 aromatic heterocycles. The molecule has 0 atom stereocenters. The average molecular weight is 383 g/mol. The van der Waals surface area contributed by atoms with Gasteiger partial charge in [0, 0.05) is 22.9 Å². The lowest BCUT2D eigenvalue weighted by atomic mass is 9.97. The Hall–Kier alpha value is -4.04. The summed E-state index contributed by atoms with van der Waals surface area (Å²) in [6.07, 6.45) is 1.93. The van der Waals surface area contributed by atoms with Crippen molar-refractivity contribution in [3.05, 3.63) is 114 Å². The molecule has 0 spiro atoms. The van der Waals surface area contributed by atoms with Crippen molar-refractivity contribution < 1.29 is 4.79 Å². The summed E-state index contributed by atoms with van der Waals surface area (Å²) < 4.78 is 0. The zero-order valence-electron chi connectivity index (χ0n) is 16.2. The number of ketones is 1. The zero-order chi connectivity index (χ0) is 20.1.